The largest absolute Gasteiger partial charge is 0.454 e. The highest BCUT2D eigenvalue weighted by Crippen LogP contribution is 2.39. The number of hydrogen-bond acceptors (Lipinski definition) is 4. The first-order valence-corrected chi connectivity index (χ1v) is 17.9. The molecule has 0 aliphatic rings. The van der Waals surface area contributed by atoms with E-state index in [0.29, 0.717) is 5.82 Å². The molecule has 0 amide bonds. The number of furan rings is 1. The van der Waals surface area contributed by atoms with Gasteiger partial charge in [-0.05, 0) is 56.6 Å². The van der Waals surface area contributed by atoms with Crippen LogP contribution < -0.4 is 0 Å². The molecule has 8 aromatic carbocycles. The van der Waals surface area contributed by atoms with E-state index < -0.39 is 0 Å². The smallest absolute Gasteiger partial charge is 0.161 e. The van der Waals surface area contributed by atoms with E-state index in [1.165, 1.54) is 32.3 Å². The van der Waals surface area contributed by atoms with Gasteiger partial charge in [-0.15, -0.1) is 0 Å². The number of hydrogen-bond donors (Lipinski definition) is 0. The average molecular weight is 676 g/mol. The molecular weight excluding hydrogens is 647 g/mol. The third-order valence-electron chi connectivity index (χ3n) is 10.5. The summed E-state index contributed by atoms with van der Waals surface area (Å²) in [7, 11) is 0. The highest BCUT2D eigenvalue weighted by Gasteiger charge is 2.18. The topological polar surface area (TPSA) is 51.8 Å². The minimum Gasteiger partial charge on any atom is -0.454 e. The van der Waals surface area contributed by atoms with E-state index in [1.807, 2.05) is 24.3 Å². The van der Waals surface area contributed by atoms with Gasteiger partial charge in [0.05, 0.1) is 17.1 Å². The molecule has 0 spiro atoms. The molecule has 0 saturated heterocycles. The Labute approximate surface area is 304 Å². The first-order chi connectivity index (χ1) is 26.3. The number of pyridine rings is 1. The van der Waals surface area contributed by atoms with Crippen molar-refractivity contribution in [2.75, 3.05) is 0 Å². The monoisotopic (exact) mass is 675 g/mol. The highest BCUT2D eigenvalue weighted by molar-refractivity contribution is 6.25. The normalized spacial score (nSPS) is 11.8. The van der Waals surface area contributed by atoms with E-state index >= 15 is 0 Å². The molecule has 0 unspecified atom stereocenters. The molecule has 3 heterocycles. The Morgan fingerprint density at radius 3 is 1.49 bits per heavy atom. The van der Waals surface area contributed by atoms with Crippen molar-refractivity contribution in [1.82, 2.24) is 15.0 Å². The summed E-state index contributed by atoms with van der Waals surface area (Å²) in [5, 5.41) is 10.5. The van der Waals surface area contributed by atoms with Crippen LogP contribution in [0.4, 0.5) is 0 Å². The Morgan fingerprint density at radius 1 is 0.321 bits per heavy atom. The van der Waals surface area contributed by atoms with Crippen molar-refractivity contribution in [2.45, 2.75) is 0 Å². The maximum absolute atomic E-state index is 6.32. The van der Waals surface area contributed by atoms with Crippen molar-refractivity contribution >= 4 is 65.2 Å². The number of nitrogens with zero attached hydrogens (tertiary/aromatic N) is 3. The fourth-order valence-corrected chi connectivity index (χ4v) is 7.93. The molecule has 4 heteroatoms. The SMILES string of the molecule is c1ccc(-c2cc(-c3ccc(-c4nc5c6ccccc6oc5c5ccccc45)cc3)nc(-c3ccc4c5ccccc5c5ccccc5c4c3)n2)cc1. The number of aromatic nitrogens is 3. The Balaban J connectivity index is 1.07. The van der Waals surface area contributed by atoms with Crippen LogP contribution >= 0.6 is 0 Å². The fraction of sp³-hybridized carbons (Fsp3) is 0. The third-order valence-corrected chi connectivity index (χ3v) is 10.5. The zero-order chi connectivity index (χ0) is 34.9. The Bertz CT molecular complexity index is 3180. The second kappa shape index (κ2) is 11.7. The lowest BCUT2D eigenvalue weighted by atomic mass is 9.93. The summed E-state index contributed by atoms with van der Waals surface area (Å²) < 4.78 is 6.32. The van der Waals surface area contributed by atoms with Crippen LogP contribution in [0.1, 0.15) is 0 Å². The molecule has 4 nitrogen and oxygen atoms in total. The van der Waals surface area contributed by atoms with Crippen molar-refractivity contribution in [3.63, 3.8) is 0 Å². The van der Waals surface area contributed by atoms with Crippen LogP contribution in [0.5, 0.6) is 0 Å². The Kier molecular flexibility index (Phi) is 6.52. The summed E-state index contributed by atoms with van der Waals surface area (Å²) in [5.74, 6) is 0.689. The summed E-state index contributed by atoms with van der Waals surface area (Å²) >= 11 is 0. The number of fused-ring (bicyclic) bond motifs is 11. The van der Waals surface area contributed by atoms with Gasteiger partial charge in [0.15, 0.2) is 11.4 Å². The van der Waals surface area contributed by atoms with Crippen LogP contribution in [0.15, 0.2) is 180 Å². The van der Waals surface area contributed by atoms with E-state index in [1.54, 1.807) is 0 Å². The summed E-state index contributed by atoms with van der Waals surface area (Å²) in [6.07, 6.45) is 0. The predicted molar refractivity (Wildman–Crippen MR) is 219 cm³/mol. The Hall–Kier alpha value is -7.17. The predicted octanol–water partition coefficient (Wildman–Crippen LogP) is 13.1. The molecule has 0 saturated carbocycles. The number of rotatable bonds is 4. The van der Waals surface area contributed by atoms with Crippen molar-refractivity contribution in [2.24, 2.45) is 0 Å². The average Bonchev–Trinajstić information content (AvgIpc) is 3.62. The molecule has 0 fully saturated rings. The zero-order valence-electron chi connectivity index (χ0n) is 28.5. The van der Waals surface area contributed by atoms with Gasteiger partial charge >= 0.3 is 0 Å². The maximum atomic E-state index is 6.32. The number of para-hydroxylation sites is 1. The molecule has 11 aromatic rings. The molecule has 0 radical (unpaired) electrons. The molecular formula is C49H29N3O. The maximum Gasteiger partial charge on any atom is 0.161 e. The van der Waals surface area contributed by atoms with Gasteiger partial charge in [-0.3, -0.25) is 0 Å². The van der Waals surface area contributed by atoms with Gasteiger partial charge in [0.25, 0.3) is 0 Å². The van der Waals surface area contributed by atoms with Gasteiger partial charge in [0.1, 0.15) is 11.1 Å². The molecule has 0 atom stereocenters. The van der Waals surface area contributed by atoms with Gasteiger partial charge in [0, 0.05) is 38.4 Å². The van der Waals surface area contributed by atoms with Gasteiger partial charge in [-0.25, -0.2) is 15.0 Å². The second-order valence-corrected chi connectivity index (χ2v) is 13.5. The summed E-state index contributed by atoms with van der Waals surface area (Å²) in [6.45, 7) is 0. The molecule has 0 N–H and O–H groups in total. The second-order valence-electron chi connectivity index (χ2n) is 13.5. The minimum absolute atomic E-state index is 0.689. The minimum atomic E-state index is 0.689. The summed E-state index contributed by atoms with van der Waals surface area (Å²) in [5.41, 5.74) is 9.26. The van der Waals surface area contributed by atoms with Crippen LogP contribution in [-0.4, -0.2) is 15.0 Å². The van der Waals surface area contributed by atoms with Crippen LogP contribution in [0.2, 0.25) is 0 Å². The first-order valence-electron chi connectivity index (χ1n) is 17.9. The molecule has 0 bridgehead atoms. The third kappa shape index (κ3) is 4.73. The molecule has 246 valence electrons. The fourth-order valence-electron chi connectivity index (χ4n) is 7.93. The Morgan fingerprint density at radius 2 is 0.811 bits per heavy atom. The molecule has 11 rings (SSSR count). The van der Waals surface area contributed by atoms with E-state index in [-0.39, 0.29) is 0 Å². The van der Waals surface area contributed by atoms with E-state index in [4.69, 9.17) is 19.4 Å². The van der Waals surface area contributed by atoms with Crippen molar-refractivity contribution in [3.05, 3.63) is 176 Å². The van der Waals surface area contributed by atoms with Gasteiger partial charge in [0.2, 0.25) is 0 Å². The van der Waals surface area contributed by atoms with Crippen molar-refractivity contribution in [1.29, 1.82) is 0 Å². The van der Waals surface area contributed by atoms with Crippen molar-refractivity contribution < 1.29 is 4.42 Å². The molecule has 53 heavy (non-hydrogen) atoms. The quantitative estimate of drug-likeness (QED) is 0.174. The zero-order valence-corrected chi connectivity index (χ0v) is 28.5. The summed E-state index contributed by atoms with van der Waals surface area (Å²) in [4.78, 5) is 15.6. The van der Waals surface area contributed by atoms with Gasteiger partial charge in [-0.1, -0.05) is 152 Å². The van der Waals surface area contributed by atoms with Crippen LogP contribution in [-0.2, 0) is 0 Å². The summed E-state index contributed by atoms with van der Waals surface area (Å²) in [6, 6.07) is 61.4. The molecule has 0 aliphatic carbocycles. The van der Waals surface area contributed by atoms with Gasteiger partial charge < -0.3 is 4.42 Å². The lowest BCUT2D eigenvalue weighted by Gasteiger charge is -2.13. The standard InChI is InChI=1S/C49H29N3O/c1-2-12-30(13-3-1)43-29-44(51-49(50-43)33-26-27-38-36-16-5-4-14-34(36)35-15-6-7-17-37(35)42(38)28-33)31-22-24-32(25-23-31)46-39-18-8-9-19-40(39)48-47(52-46)41-20-10-11-21-45(41)53-48/h1-29H. The lowest BCUT2D eigenvalue weighted by molar-refractivity contribution is 0.672. The van der Waals surface area contributed by atoms with Gasteiger partial charge in [-0.2, -0.15) is 0 Å². The highest BCUT2D eigenvalue weighted by atomic mass is 16.3. The van der Waals surface area contributed by atoms with E-state index in [9.17, 15) is 0 Å². The van der Waals surface area contributed by atoms with Crippen LogP contribution in [0.25, 0.3) is 110 Å². The van der Waals surface area contributed by atoms with Crippen LogP contribution in [0.3, 0.4) is 0 Å². The van der Waals surface area contributed by atoms with Crippen LogP contribution in [0, 0.1) is 0 Å². The molecule has 0 aliphatic heterocycles. The van der Waals surface area contributed by atoms with Crippen molar-refractivity contribution in [3.8, 4) is 45.2 Å². The first kappa shape index (κ1) is 29.5. The van der Waals surface area contributed by atoms with E-state index in [2.05, 4.69) is 152 Å². The molecule has 3 aromatic heterocycles. The number of benzene rings is 8. The lowest BCUT2D eigenvalue weighted by Crippen LogP contribution is -1.96. The van der Waals surface area contributed by atoms with E-state index in [0.717, 1.165) is 72.2 Å².